The molecular weight excluding hydrogens is 443 g/mol. The number of hydrogen-bond acceptors (Lipinski definition) is 6. The Morgan fingerprint density at radius 3 is 2.47 bits per heavy atom. The summed E-state index contributed by atoms with van der Waals surface area (Å²) >= 11 is 11.0. The minimum absolute atomic E-state index is 0.0488. The third kappa shape index (κ3) is 5.45. The lowest BCUT2D eigenvalue weighted by atomic mass is 9.85. The minimum Gasteiger partial charge on any atom is -0.598 e. The number of aromatic hydroxyl groups is 1. The number of nitrogen functional groups attached to an aromatic ring is 1. The number of nitrogens with zero attached hydrogens (tertiary/aromatic N) is 2. The zero-order chi connectivity index (χ0) is 22.1. The van der Waals surface area contributed by atoms with Crippen molar-refractivity contribution in [3.05, 3.63) is 46.1 Å². The van der Waals surface area contributed by atoms with Crippen molar-refractivity contribution in [3.8, 4) is 5.75 Å². The Balaban J connectivity index is 1.83. The van der Waals surface area contributed by atoms with Crippen LogP contribution in [-0.2, 0) is 11.4 Å². The Kier molecular flexibility index (Phi) is 7.30. The molecule has 4 N–H and O–H groups in total. The van der Waals surface area contributed by atoms with Crippen LogP contribution in [-0.4, -0.2) is 32.5 Å². The van der Waals surface area contributed by atoms with E-state index in [4.69, 9.17) is 28.9 Å². The first kappa shape index (κ1) is 23.3. The maximum absolute atomic E-state index is 12.9. The molecule has 2 unspecified atom stereocenters. The second kappa shape index (κ2) is 9.40. The predicted octanol–water partition coefficient (Wildman–Crippen LogP) is 4.69. The van der Waals surface area contributed by atoms with Gasteiger partial charge in [-0.2, -0.15) is 0 Å². The Labute approximate surface area is 191 Å². The lowest BCUT2D eigenvalue weighted by Gasteiger charge is -2.38. The monoisotopic (exact) mass is 470 g/mol. The molecule has 0 saturated carbocycles. The van der Waals surface area contributed by atoms with Gasteiger partial charge in [0, 0.05) is 54.0 Å². The van der Waals surface area contributed by atoms with Gasteiger partial charge in [0.05, 0.1) is 16.1 Å². The number of halogens is 2. The highest BCUT2D eigenvalue weighted by atomic mass is 35.5. The molecule has 2 heterocycles. The lowest BCUT2D eigenvalue weighted by Crippen LogP contribution is -2.45. The van der Waals surface area contributed by atoms with E-state index in [-0.39, 0.29) is 22.7 Å². The Morgan fingerprint density at radius 1 is 1.23 bits per heavy atom. The van der Waals surface area contributed by atoms with Crippen LogP contribution in [0.25, 0.3) is 0 Å². The number of piperidine rings is 1. The molecule has 2 atom stereocenters. The molecule has 3 rings (SSSR count). The fraction of sp³-hybridized carbons (Fsp3) is 0.476. The average Bonchev–Trinajstić information content (AvgIpc) is 2.68. The molecular formula is C21H28Cl2N4O2S. The van der Waals surface area contributed by atoms with Crippen LogP contribution < -0.4 is 15.4 Å². The van der Waals surface area contributed by atoms with Crippen LogP contribution in [0.15, 0.2) is 30.5 Å². The van der Waals surface area contributed by atoms with E-state index in [1.165, 1.54) is 6.07 Å². The normalized spacial score (nSPS) is 17.7. The average molecular weight is 471 g/mol. The van der Waals surface area contributed by atoms with Gasteiger partial charge < -0.3 is 20.3 Å². The van der Waals surface area contributed by atoms with E-state index in [1.807, 2.05) is 26.8 Å². The van der Waals surface area contributed by atoms with Crippen molar-refractivity contribution < 1.29 is 9.66 Å². The molecule has 1 aromatic heterocycles. The molecule has 9 heteroatoms. The van der Waals surface area contributed by atoms with Crippen molar-refractivity contribution in [1.29, 1.82) is 0 Å². The molecule has 0 bridgehead atoms. The van der Waals surface area contributed by atoms with Gasteiger partial charge in [-0.1, -0.05) is 23.2 Å². The molecule has 0 radical (unpaired) electrons. The van der Waals surface area contributed by atoms with E-state index in [2.05, 4.69) is 14.6 Å². The summed E-state index contributed by atoms with van der Waals surface area (Å²) in [6.45, 7) is 7.30. The number of anilines is 2. The Morgan fingerprint density at radius 2 is 1.87 bits per heavy atom. The summed E-state index contributed by atoms with van der Waals surface area (Å²) in [6, 6.07) is 6.43. The maximum atomic E-state index is 12.9. The molecule has 30 heavy (non-hydrogen) atoms. The summed E-state index contributed by atoms with van der Waals surface area (Å²) in [7, 11) is 0. The SMILES string of the molecule is CC(C)(C)[S+]([O-])NC(c1cc(Cl)c(Cl)cc1O)C1CCN(c2cc(N)ccn2)CC1. The summed E-state index contributed by atoms with van der Waals surface area (Å²) < 4.78 is 15.7. The van der Waals surface area contributed by atoms with Crippen LogP contribution in [0.5, 0.6) is 5.75 Å². The molecule has 1 fully saturated rings. The van der Waals surface area contributed by atoms with Crippen LogP contribution in [0.4, 0.5) is 11.5 Å². The molecule has 0 spiro atoms. The van der Waals surface area contributed by atoms with Gasteiger partial charge in [0.1, 0.15) is 16.3 Å². The van der Waals surface area contributed by atoms with Crippen molar-refractivity contribution >= 4 is 46.1 Å². The van der Waals surface area contributed by atoms with E-state index in [9.17, 15) is 9.66 Å². The van der Waals surface area contributed by atoms with Gasteiger partial charge in [0.2, 0.25) is 0 Å². The molecule has 0 aliphatic carbocycles. The number of benzene rings is 1. The van der Waals surface area contributed by atoms with Crippen LogP contribution in [0.2, 0.25) is 10.0 Å². The molecule has 2 aromatic rings. The number of rotatable bonds is 5. The second-order valence-electron chi connectivity index (χ2n) is 8.57. The number of hydrogen-bond donors (Lipinski definition) is 3. The van der Waals surface area contributed by atoms with E-state index < -0.39 is 16.1 Å². The third-order valence-corrected chi connectivity index (χ3v) is 7.60. The zero-order valence-electron chi connectivity index (χ0n) is 17.4. The Hall–Kier alpha value is -1.38. The van der Waals surface area contributed by atoms with Crippen molar-refractivity contribution in [2.45, 2.75) is 44.4 Å². The van der Waals surface area contributed by atoms with Gasteiger partial charge in [-0.25, -0.2) is 4.98 Å². The lowest BCUT2D eigenvalue weighted by molar-refractivity contribution is 0.317. The van der Waals surface area contributed by atoms with Crippen LogP contribution in [0.1, 0.15) is 45.2 Å². The van der Waals surface area contributed by atoms with Gasteiger partial charge in [-0.15, -0.1) is 4.72 Å². The highest BCUT2D eigenvalue weighted by molar-refractivity contribution is 7.90. The van der Waals surface area contributed by atoms with Crippen molar-refractivity contribution in [3.63, 3.8) is 0 Å². The maximum Gasteiger partial charge on any atom is 0.136 e. The molecule has 1 aliphatic heterocycles. The van der Waals surface area contributed by atoms with E-state index in [0.29, 0.717) is 16.3 Å². The smallest absolute Gasteiger partial charge is 0.136 e. The Bertz CT molecular complexity index is 886. The van der Waals surface area contributed by atoms with E-state index in [0.717, 1.165) is 31.7 Å². The largest absolute Gasteiger partial charge is 0.598 e. The summed E-state index contributed by atoms with van der Waals surface area (Å²) in [4.78, 5) is 6.61. The predicted molar refractivity (Wildman–Crippen MR) is 125 cm³/mol. The first-order chi connectivity index (χ1) is 14.1. The van der Waals surface area contributed by atoms with Gasteiger partial charge in [-0.3, -0.25) is 0 Å². The minimum atomic E-state index is -1.32. The van der Waals surface area contributed by atoms with E-state index in [1.54, 1.807) is 18.3 Å². The van der Waals surface area contributed by atoms with Gasteiger partial charge in [-0.05, 0) is 51.7 Å². The van der Waals surface area contributed by atoms with Crippen LogP contribution in [0.3, 0.4) is 0 Å². The number of pyridine rings is 1. The highest BCUT2D eigenvalue weighted by Gasteiger charge is 2.36. The number of nitrogens with one attached hydrogen (secondary N) is 1. The number of phenolic OH excluding ortho intramolecular Hbond substituents is 1. The number of phenols is 1. The molecule has 164 valence electrons. The number of nitrogens with two attached hydrogens (primary N) is 1. The highest BCUT2D eigenvalue weighted by Crippen LogP contribution is 2.40. The summed E-state index contributed by atoms with van der Waals surface area (Å²) in [5, 5.41) is 11.2. The molecule has 6 nitrogen and oxygen atoms in total. The quantitative estimate of drug-likeness (QED) is 0.548. The molecule has 1 saturated heterocycles. The first-order valence-corrected chi connectivity index (χ1v) is 11.8. The van der Waals surface area contributed by atoms with Crippen molar-refractivity contribution in [2.24, 2.45) is 5.92 Å². The molecule has 1 aliphatic rings. The zero-order valence-corrected chi connectivity index (χ0v) is 19.7. The molecule has 1 aromatic carbocycles. The fourth-order valence-corrected chi connectivity index (χ4v) is 4.81. The van der Waals surface area contributed by atoms with Gasteiger partial charge in [0.15, 0.2) is 0 Å². The summed E-state index contributed by atoms with van der Waals surface area (Å²) in [5.74, 6) is 1.05. The molecule has 0 amide bonds. The third-order valence-electron chi connectivity index (χ3n) is 5.30. The second-order valence-corrected chi connectivity index (χ2v) is 11.4. The summed E-state index contributed by atoms with van der Waals surface area (Å²) in [6.07, 6.45) is 3.37. The first-order valence-electron chi connectivity index (χ1n) is 9.88. The van der Waals surface area contributed by atoms with Crippen LogP contribution >= 0.6 is 23.2 Å². The summed E-state index contributed by atoms with van der Waals surface area (Å²) in [5.41, 5.74) is 7.19. The van der Waals surface area contributed by atoms with E-state index >= 15 is 0 Å². The van der Waals surface area contributed by atoms with Gasteiger partial charge >= 0.3 is 0 Å². The van der Waals surface area contributed by atoms with Gasteiger partial charge in [0.25, 0.3) is 0 Å². The van der Waals surface area contributed by atoms with Crippen molar-refractivity contribution in [2.75, 3.05) is 23.7 Å². The van der Waals surface area contributed by atoms with Crippen LogP contribution in [0, 0.1) is 5.92 Å². The fourth-order valence-electron chi connectivity index (χ4n) is 3.58. The standard InChI is InChI=1S/C21H28Cl2N4O2S/c1-21(2,3)30(29)26-20(15-11-16(22)17(23)12-18(15)28)13-5-8-27(9-6-13)19-10-14(24)4-7-25-19/h4,7,10-13,20,26,28H,5-6,8-9H2,1-3H3,(H2,24,25). The van der Waals surface area contributed by atoms with Crippen molar-refractivity contribution in [1.82, 2.24) is 9.71 Å². The number of aromatic nitrogens is 1. The topological polar surface area (TPSA) is 97.5 Å².